The molecule has 0 N–H and O–H groups in total. The Morgan fingerprint density at radius 1 is 0.882 bits per heavy atom. The van der Waals surface area contributed by atoms with E-state index in [9.17, 15) is 0 Å². The van der Waals surface area contributed by atoms with Crippen molar-refractivity contribution in [3.05, 3.63) is 11.1 Å². The third-order valence-corrected chi connectivity index (χ3v) is 21.0. The Balaban J connectivity index is 4.56. The Labute approximate surface area is 122 Å². The van der Waals surface area contributed by atoms with Gasteiger partial charge in [-0.2, -0.15) is 0 Å². The molecular formula is C15H31BrSn. The zero-order chi connectivity index (χ0) is 13.1. The van der Waals surface area contributed by atoms with Crippen LogP contribution in [0.3, 0.4) is 0 Å². The molecule has 0 spiro atoms. The van der Waals surface area contributed by atoms with Crippen molar-refractivity contribution < 1.29 is 0 Å². The Morgan fingerprint density at radius 2 is 1.24 bits per heavy atom. The fourth-order valence-corrected chi connectivity index (χ4v) is 22.1. The summed E-state index contributed by atoms with van der Waals surface area (Å²) in [5, 5.41) is 0. The van der Waals surface area contributed by atoms with Gasteiger partial charge < -0.3 is 0 Å². The second-order valence-corrected chi connectivity index (χ2v) is 20.5. The molecule has 0 aromatic carbocycles. The third kappa shape index (κ3) is 8.69. The first-order valence-electron chi connectivity index (χ1n) is 7.43. The summed E-state index contributed by atoms with van der Waals surface area (Å²) in [6.45, 7) is 11.1. The second-order valence-electron chi connectivity index (χ2n) is 5.50. The van der Waals surface area contributed by atoms with Gasteiger partial charge in [0.05, 0.1) is 0 Å². The van der Waals surface area contributed by atoms with E-state index in [4.69, 9.17) is 0 Å². The van der Waals surface area contributed by atoms with Crippen molar-refractivity contribution in [3.8, 4) is 0 Å². The van der Waals surface area contributed by atoms with Crippen LogP contribution >= 0.6 is 15.9 Å². The van der Waals surface area contributed by atoms with Gasteiger partial charge in [0.25, 0.3) is 0 Å². The number of hydrogen-bond acceptors (Lipinski definition) is 0. The van der Waals surface area contributed by atoms with Crippen LogP contribution in [-0.2, 0) is 0 Å². The van der Waals surface area contributed by atoms with Gasteiger partial charge in [0.1, 0.15) is 0 Å². The normalized spacial score (nSPS) is 11.8. The molecule has 0 fully saturated rings. The molecule has 0 radical (unpaired) electrons. The van der Waals surface area contributed by atoms with E-state index in [2.05, 4.69) is 43.3 Å². The van der Waals surface area contributed by atoms with E-state index in [-0.39, 0.29) is 0 Å². The molecule has 0 aliphatic heterocycles. The zero-order valence-corrected chi connectivity index (χ0v) is 16.6. The van der Waals surface area contributed by atoms with Gasteiger partial charge in [-0.25, -0.2) is 0 Å². The van der Waals surface area contributed by atoms with Crippen LogP contribution < -0.4 is 0 Å². The number of hydrogen-bond donors (Lipinski definition) is 0. The van der Waals surface area contributed by atoms with Gasteiger partial charge in [-0.1, -0.05) is 0 Å². The maximum atomic E-state index is 4.13. The summed E-state index contributed by atoms with van der Waals surface area (Å²) in [5.41, 5.74) is 0. The molecule has 0 bridgehead atoms. The Bertz CT molecular complexity index is 179. The number of unbranched alkanes of at least 4 members (excludes halogenated alkanes) is 3. The SMILES string of the molecule is C=C(Br)[CH2][Sn]([CH2]CCC)([CH2]CCC)[CH2]CCC. The zero-order valence-electron chi connectivity index (χ0n) is 12.2. The molecule has 2 heteroatoms. The predicted molar refractivity (Wildman–Crippen MR) is 87.8 cm³/mol. The number of rotatable bonds is 11. The van der Waals surface area contributed by atoms with Gasteiger partial charge in [-0.15, -0.1) is 0 Å². The minimum atomic E-state index is -1.89. The molecule has 0 aliphatic carbocycles. The second kappa shape index (κ2) is 10.9. The average molecular weight is 410 g/mol. The van der Waals surface area contributed by atoms with Gasteiger partial charge >= 0.3 is 122 Å². The van der Waals surface area contributed by atoms with Crippen LogP contribution in [0.1, 0.15) is 59.3 Å². The van der Waals surface area contributed by atoms with Crippen molar-refractivity contribution in [3.63, 3.8) is 0 Å². The first-order valence-corrected chi connectivity index (χ1v) is 16.3. The number of halogens is 1. The number of allylic oxidation sites excluding steroid dienone is 1. The Morgan fingerprint density at radius 3 is 1.47 bits per heavy atom. The van der Waals surface area contributed by atoms with Crippen LogP contribution in [0, 0.1) is 0 Å². The molecule has 0 nitrogen and oxygen atoms in total. The van der Waals surface area contributed by atoms with Crippen molar-refractivity contribution in [2.24, 2.45) is 0 Å². The van der Waals surface area contributed by atoms with E-state index in [0.717, 1.165) is 0 Å². The van der Waals surface area contributed by atoms with Gasteiger partial charge in [-0.3, -0.25) is 0 Å². The third-order valence-electron chi connectivity index (χ3n) is 3.75. The van der Waals surface area contributed by atoms with E-state index < -0.39 is 18.4 Å². The predicted octanol–water partition coefficient (Wildman–Crippen LogP) is 6.74. The molecule has 17 heavy (non-hydrogen) atoms. The van der Waals surface area contributed by atoms with E-state index in [0.29, 0.717) is 0 Å². The minimum absolute atomic E-state index is 1.29. The Kier molecular flexibility index (Phi) is 11.6. The molecule has 0 aliphatic rings. The van der Waals surface area contributed by atoms with E-state index in [1.54, 1.807) is 13.3 Å². The molecule has 0 aromatic rings. The van der Waals surface area contributed by atoms with Gasteiger partial charge in [0.15, 0.2) is 0 Å². The van der Waals surface area contributed by atoms with Crippen LogP contribution in [0.5, 0.6) is 0 Å². The van der Waals surface area contributed by atoms with Gasteiger partial charge in [0.2, 0.25) is 0 Å². The van der Waals surface area contributed by atoms with Crippen molar-refractivity contribution in [1.82, 2.24) is 0 Å². The van der Waals surface area contributed by atoms with Crippen molar-refractivity contribution in [1.29, 1.82) is 0 Å². The summed E-state index contributed by atoms with van der Waals surface area (Å²) < 4.78 is 7.45. The molecule has 0 unspecified atom stereocenters. The quantitative estimate of drug-likeness (QED) is 0.331. The molecule has 102 valence electrons. The summed E-state index contributed by atoms with van der Waals surface area (Å²) in [5.74, 6) is 0. The Hall–Kier alpha value is 1.02. The summed E-state index contributed by atoms with van der Waals surface area (Å²) in [4.78, 5) is 0. The molecule has 0 atom stereocenters. The van der Waals surface area contributed by atoms with Gasteiger partial charge in [0, 0.05) is 0 Å². The van der Waals surface area contributed by atoms with Crippen LogP contribution in [0.2, 0.25) is 17.7 Å². The summed E-state index contributed by atoms with van der Waals surface area (Å²) in [6.07, 6.45) is 8.49. The fraction of sp³-hybridized carbons (Fsp3) is 0.867. The van der Waals surface area contributed by atoms with Crippen LogP contribution in [0.25, 0.3) is 0 Å². The first-order chi connectivity index (χ1) is 8.10. The van der Waals surface area contributed by atoms with Crippen molar-refractivity contribution in [2.45, 2.75) is 77.0 Å². The van der Waals surface area contributed by atoms with Crippen molar-refractivity contribution in [2.75, 3.05) is 0 Å². The van der Waals surface area contributed by atoms with E-state index in [1.165, 1.54) is 47.4 Å². The first kappa shape index (κ1) is 18.0. The van der Waals surface area contributed by atoms with Crippen LogP contribution in [0.4, 0.5) is 0 Å². The maximum absolute atomic E-state index is 4.13. The molecular weight excluding hydrogens is 379 g/mol. The molecule has 0 rings (SSSR count). The molecule has 0 amide bonds. The van der Waals surface area contributed by atoms with Crippen LogP contribution in [0.15, 0.2) is 11.1 Å². The monoisotopic (exact) mass is 410 g/mol. The van der Waals surface area contributed by atoms with Crippen LogP contribution in [-0.4, -0.2) is 18.4 Å². The molecule has 0 saturated heterocycles. The fourth-order valence-electron chi connectivity index (χ4n) is 2.70. The van der Waals surface area contributed by atoms with E-state index in [1.807, 2.05) is 0 Å². The molecule has 0 saturated carbocycles. The average Bonchev–Trinajstić information content (AvgIpc) is 2.30. The standard InChI is InChI=1S/3C4H9.C3H4Br.Sn/c3*1-3-4-2;1-3(2)4;/h3*1,3-4H2,2H3;1-2H2;. The van der Waals surface area contributed by atoms with E-state index >= 15 is 0 Å². The summed E-state index contributed by atoms with van der Waals surface area (Å²) in [6, 6.07) is 0. The summed E-state index contributed by atoms with van der Waals surface area (Å²) in [7, 11) is 0. The summed E-state index contributed by atoms with van der Waals surface area (Å²) >= 11 is 1.76. The molecule has 0 heterocycles. The van der Waals surface area contributed by atoms with Gasteiger partial charge in [-0.05, 0) is 0 Å². The van der Waals surface area contributed by atoms with Crippen molar-refractivity contribution >= 4 is 34.3 Å². The molecule has 0 aromatic heterocycles. The topological polar surface area (TPSA) is 0 Å².